The van der Waals surface area contributed by atoms with Crippen molar-refractivity contribution < 1.29 is 4.74 Å². The molecule has 2 aliphatic heterocycles. The van der Waals surface area contributed by atoms with Gasteiger partial charge in [-0.15, -0.1) is 0 Å². The largest absolute Gasteiger partial charge is 0.480 e. The van der Waals surface area contributed by atoms with Gasteiger partial charge in [-0.1, -0.05) is 6.92 Å². The maximum absolute atomic E-state index is 6.03. The van der Waals surface area contributed by atoms with Gasteiger partial charge >= 0.3 is 0 Å². The molecule has 96 valence electrons. The van der Waals surface area contributed by atoms with E-state index in [9.17, 15) is 0 Å². The normalized spacial score (nSPS) is 22.4. The molecular weight excluding hydrogens is 226 g/mol. The lowest BCUT2D eigenvalue weighted by molar-refractivity contribution is 0.239. The Labute approximate surface area is 107 Å². The molecule has 0 bridgehead atoms. The van der Waals surface area contributed by atoms with Gasteiger partial charge in [0.05, 0.1) is 0 Å². The zero-order valence-electron chi connectivity index (χ0n) is 10.7. The fourth-order valence-electron chi connectivity index (χ4n) is 2.61. The second kappa shape index (κ2) is 4.52. The van der Waals surface area contributed by atoms with Crippen molar-refractivity contribution in [2.24, 2.45) is 4.99 Å². The highest BCUT2D eigenvalue weighted by molar-refractivity contribution is 5.92. The molecule has 4 nitrogen and oxygen atoms in total. The fraction of sp³-hybridized carbons (Fsp3) is 0.500. The summed E-state index contributed by atoms with van der Waals surface area (Å²) in [6, 6.07) is 5.68. The molecule has 2 N–H and O–H groups in total. The van der Waals surface area contributed by atoms with Crippen molar-refractivity contribution in [3.05, 3.63) is 18.2 Å². The quantitative estimate of drug-likeness (QED) is 0.774. The number of aliphatic imine (C=N–C) groups is 1. The van der Waals surface area contributed by atoms with Crippen LogP contribution in [0.4, 0.5) is 11.4 Å². The standard InChI is InChI=1S/C14H19N3O/c1-2-12-14(17-7-3-4-8-17)16-11-6-5-10(15)9-13(11)18-12/h5-6,9,12H,2-4,7-8,15H2,1H3. The van der Waals surface area contributed by atoms with Gasteiger partial charge < -0.3 is 15.4 Å². The molecule has 0 radical (unpaired) electrons. The maximum atomic E-state index is 6.03. The molecule has 18 heavy (non-hydrogen) atoms. The van der Waals surface area contributed by atoms with Crippen molar-refractivity contribution in [3.8, 4) is 5.75 Å². The van der Waals surface area contributed by atoms with Crippen molar-refractivity contribution >= 4 is 17.2 Å². The fourth-order valence-corrected chi connectivity index (χ4v) is 2.61. The number of anilines is 1. The summed E-state index contributed by atoms with van der Waals surface area (Å²) in [5.74, 6) is 1.90. The summed E-state index contributed by atoms with van der Waals surface area (Å²) >= 11 is 0. The summed E-state index contributed by atoms with van der Waals surface area (Å²) in [6.07, 6.45) is 3.51. The third-order valence-electron chi connectivity index (χ3n) is 3.58. The Morgan fingerprint density at radius 1 is 1.39 bits per heavy atom. The second-order valence-electron chi connectivity index (χ2n) is 4.91. The lowest BCUT2D eigenvalue weighted by Crippen LogP contribution is -2.41. The minimum Gasteiger partial charge on any atom is -0.480 e. The lowest BCUT2D eigenvalue weighted by atomic mass is 10.1. The third-order valence-corrected chi connectivity index (χ3v) is 3.58. The number of nitrogens with two attached hydrogens (primary N) is 1. The number of hydrogen-bond donors (Lipinski definition) is 1. The molecule has 2 aliphatic rings. The summed E-state index contributed by atoms with van der Waals surface area (Å²) in [4.78, 5) is 7.14. The number of fused-ring (bicyclic) bond motifs is 1. The summed E-state index contributed by atoms with van der Waals surface area (Å²) in [7, 11) is 0. The molecule has 1 atom stereocenters. The van der Waals surface area contributed by atoms with E-state index >= 15 is 0 Å². The Bertz CT molecular complexity index is 478. The van der Waals surface area contributed by atoms with E-state index in [2.05, 4.69) is 11.8 Å². The topological polar surface area (TPSA) is 50.9 Å². The van der Waals surface area contributed by atoms with Gasteiger partial charge in [-0.25, -0.2) is 4.99 Å². The molecule has 1 aromatic carbocycles. The van der Waals surface area contributed by atoms with Crippen LogP contribution in [0.5, 0.6) is 5.75 Å². The van der Waals surface area contributed by atoms with Crippen molar-refractivity contribution in [2.45, 2.75) is 32.3 Å². The van der Waals surface area contributed by atoms with E-state index in [1.165, 1.54) is 12.8 Å². The van der Waals surface area contributed by atoms with Crippen LogP contribution in [0.2, 0.25) is 0 Å². The predicted molar refractivity (Wildman–Crippen MR) is 73.5 cm³/mol. The van der Waals surface area contributed by atoms with Crippen molar-refractivity contribution in [1.29, 1.82) is 0 Å². The Kier molecular flexibility index (Phi) is 2.86. The Morgan fingerprint density at radius 3 is 2.89 bits per heavy atom. The second-order valence-corrected chi connectivity index (χ2v) is 4.91. The summed E-state index contributed by atoms with van der Waals surface area (Å²) in [5.41, 5.74) is 7.41. The highest BCUT2D eigenvalue weighted by atomic mass is 16.5. The minimum atomic E-state index is 0.0670. The first-order chi connectivity index (χ1) is 8.78. The van der Waals surface area contributed by atoms with Crippen LogP contribution < -0.4 is 10.5 Å². The molecule has 1 fully saturated rings. The van der Waals surface area contributed by atoms with E-state index in [1.807, 2.05) is 18.2 Å². The number of ether oxygens (including phenoxy) is 1. The Balaban J connectivity index is 1.97. The molecule has 0 aromatic heterocycles. The smallest absolute Gasteiger partial charge is 0.156 e. The average Bonchev–Trinajstić information content (AvgIpc) is 2.90. The van der Waals surface area contributed by atoms with Gasteiger partial charge in [-0.05, 0) is 31.4 Å². The van der Waals surface area contributed by atoms with Crippen molar-refractivity contribution in [3.63, 3.8) is 0 Å². The van der Waals surface area contributed by atoms with Crippen LogP contribution in [0.1, 0.15) is 26.2 Å². The van der Waals surface area contributed by atoms with E-state index < -0.39 is 0 Å². The summed E-state index contributed by atoms with van der Waals surface area (Å²) in [5, 5.41) is 0. The first kappa shape index (κ1) is 11.4. The van der Waals surface area contributed by atoms with Gasteiger partial charge in [0.25, 0.3) is 0 Å². The molecule has 4 heteroatoms. The molecule has 0 saturated carbocycles. The average molecular weight is 245 g/mol. The van der Waals surface area contributed by atoms with E-state index in [0.29, 0.717) is 0 Å². The van der Waals surface area contributed by atoms with Crippen LogP contribution in [0.15, 0.2) is 23.2 Å². The first-order valence-electron chi connectivity index (χ1n) is 6.67. The maximum Gasteiger partial charge on any atom is 0.156 e. The van der Waals surface area contributed by atoms with Crippen molar-refractivity contribution in [1.82, 2.24) is 4.90 Å². The van der Waals surface area contributed by atoms with Crippen LogP contribution in [-0.2, 0) is 0 Å². The van der Waals surface area contributed by atoms with Crippen LogP contribution in [-0.4, -0.2) is 29.9 Å². The third kappa shape index (κ3) is 1.92. The number of likely N-dealkylation sites (tertiary alicyclic amines) is 1. The molecule has 1 unspecified atom stereocenters. The molecule has 0 spiro atoms. The zero-order valence-corrected chi connectivity index (χ0v) is 10.7. The minimum absolute atomic E-state index is 0.0670. The van der Waals surface area contributed by atoms with E-state index in [-0.39, 0.29) is 6.10 Å². The Morgan fingerprint density at radius 2 is 2.17 bits per heavy atom. The van der Waals surface area contributed by atoms with Gasteiger partial charge in [0.15, 0.2) is 6.10 Å². The van der Waals surface area contributed by atoms with Crippen LogP contribution in [0.25, 0.3) is 0 Å². The van der Waals surface area contributed by atoms with E-state index in [4.69, 9.17) is 15.5 Å². The molecule has 1 aromatic rings. The highest BCUT2D eigenvalue weighted by Crippen LogP contribution is 2.35. The molecule has 1 saturated heterocycles. The number of nitrogen functional groups attached to an aromatic ring is 1. The molecule has 0 amide bonds. The zero-order chi connectivity index (χ0) is 12.5. The van der Waals surface area contributed by atoms with Gasteiger partial charge in [-0.3, -0.25) is 0 Å². The van der Waals surface area contributed by atoms with E-state index in [0.717, 1.165) is 42.5 Å². The number of amidine groups is 1. The SMILES string of the molecule is CCC1Oc2cc(N)ccc2N=C1N1CCCC1. The van der Waals surface area contributed by atoms with Crippen LogP contribution in [0, 0.1) is 0 Å². The monoisotopic (exact) mass is 245 g/mol. The summed E-state index contributed by atoms with van der Waals surface area (Å²) in [6.45, 7) is 4.33. The van der Waals surface area contributed by atoms with Crippen molar-refractivity contribution in [2.75, 3.05) is 18.8 Å². The van der Waals surface area contributed by atoms with Gasteiger partial charge in [0.1, 0.15) is 17.3 Å². The van der Waals surface area contributed by atoms with Crippen LogP contribution >= 0.6 is 0 Å². The van der Waals surface area contributed by atoms with Gasteiger partial charge in [0, 0.05) is 24.8 Å². The molecule has 2 heterocycles. The van der Waals surface area contributed by atoms with E-state index in [1.54, 1.807) is 0 Å². The Hall–Kier alpha value is -1.71. The molecule has 3 rings (SSSR count). The molecular formula is C14H19N3O. The molecule has 0 aliphatic carbocycles. The number of hydrogen-bond acceptors (Lipinski definition) is 4. The first-order valence-corrected chi connectivity index (χ1v) is 6.67. The number of rotatable bonds is 1. The summed E-state index contributed by atoms with van der Waals surface area (Å²) < 4.78 is 6.03. The highest BCUT2D eigenvalue weighted by Gasteiger charge is 2.28. The lowest BCUT2D eigenvalue weighted by Gasteiger charge is -2.31. The van der Waals surface area contributed by atoms with Crippen LogP contribution in [0.3, 0.4) is 0 Å². The number of nitrogens with zero attached hydrogens (tertiary/aromatic N) is 2. The van der Waals surface area contributed by atoms with Gasteiger partial charge in [-0.2, -0.15) is 0 Å². The predicted octanol–water partition coefficient (Wildman–Crippen LogP) is 2.57. The van der Waals surface area contributed by atoms with Gasteiger partial charge in [0.2, 0.25) is 0 Å². The number of benzene rings is 1.